The van der Waals surface area contributed by atoms with Gasteiger partial charge in [0.1, 0.15) is 11.3 Å². The quantitative estimate of drug-likeness (QED) is 0.232. The Bertz CT molecular complexity index is 2290. The molecule has 8 aromatic rings. The Morgan fingerprint density at radius 2 is 1.08 bits per heavy atom. The summed E-state index contributed by atoms with van der Waals surface area (Å²) in [5, 5.41) is 7.28. The molecule has 0 spiro atoms. The number of hydrogen-bond acceptors (Lipinski definition) is 1. The summed E-state index contributed by atoms with van der Waals surface area (Å²) < 4.78 is 47.7. The maximum Gasteiger partial charge on any atom is 0.135 e. The summed E-state index contributed by atoms with van der Waals surface area (Å²) in [6.07, 6.45) is 0. The molecule has 0 bridgehead atoms. The summed E-state index contributed by atoms with van der Waals surface area (Å²) in [5.74, 6) is 0.832. The molecule has 7 aromatic carbocycles. The number of hydrogen-bond donors (Lipinski definition) is 0. The van der Waals surface area contributed by atoms with Crippen LogP contribution in [0.1, 0.15) is 6.85 Å². The predicted molar refractivity (Wildman–Crippen MR) is 156 cm³/mol. The highest BCUT2D eigenvalue weighted by Crippen LogP contribution is 2.42. The molecule has 0 saturated carbocycles. The van der Waals surface area contributed by atoms with Gasteiger partial charge in [-0.15, -0.1) is 0 Å². The van der Waals surface area contributed by atoms with Crippen LogP contribution in [0.25, 0.3) is 76.9 Å². The first-order valence-corrected chi connectivity index (χ1v) is 12.3. The van der Waals surface area contributed by atoms with Gasteiger partial charge in [0.05, 0.1) is 6.85 Å². The Balaban J connectivity index is 1.32. The van der Waals surface area contributed by atoms with Gasteiger partial charge in [-0.05, 0) is 66.7 Å². The third-order valence-electron chi connectivity index (χ3n) is 7.34. The average Bonchev–Trinajstić information content (AvgIpc) is 3.47. The van der Waals surface area contributed by atoms with Gasteiger partial charge in [0.15, 0.2) is 0 Å². The number of para-hydroxylation sites is 1. The fourth-order valence-corrected chi connectivity index (χ4v) is 5.59. The van der Waals surface area contributed by atoms with Crippen LogP contribution in [0.5, 0.6) is 0 Å². The van der Waals surface area contributed by atoms with E-state index < -0.39 is 0 Å². The van der Waals surface area contributed by atoms with E-state index in [0.717, 1.165) is 65.7 Å². The van der Waals surface area contributed by atoms with E-state index in [2.05, 4.69) is 60.7 Å². The summed E-state index contributed by atoms with van der Waals surface area (Å²) in [6.45, 7) is 0. The molecule has 8 rings (SSSR count). The zero-order valence-electron chi connectivity index (χ0n) is 24.7. The maximum absolute atomic E-state index is 8.59. The lowest BCUT2D eigenvalue weighted by Gasteiger charge is -2.16. The first kappa shape index (κ1) is 16.0. The van der Waals surface area contributed by atoms with Crippen molar-refractivity contribution in [2.75, 3.05) is 0 Å². The number of fused-ring (bicyclic) bond motifs is 1. The molecule has 0 aliphatic rings. The standard InChI is InChI=1S/C36H22O/c1-2-6-23(7-3-1)29-18-14-26-17-21-32-30(19-15-27-16-20-31(29)35(26)36(27)32)24-10-12-25(13-11-24)34-22-28-8-4-5-9-33(28)37-34/h1-22H/i1D,2D,3D,6D,7D. The Hall–Kier alpha value is -4.88. The Morgan fingerprint density at radius 3 is 1.76 bits per heavy atom. The summed E-state index contributed by atoms with van der Waals surface area (Å²) in [4.78, 5) is 0. The first-order valence-electron chi connectivity index (χ1n) is 14.8. The molecule has 0 radical (unpaired) electrons. The fourth-order valence-electron chi connectivity index (χ4n) is 5.59. The van der Waals surface area contributed by atoms with Crippen molar-refractivity contribution in [1.82, 2.24) is 0 Å². The van der Waals surface area contributed by atoms with Crippen LogP contribution >= 0.6 is 0 Å². The van der Waals surface area contributed by atoms with Gasteiger partial charge in [-0.25, -0.2) is 0 Å². The number of furan rings is 1. The molecule has 1 heterocycles. The molecule has 0 fully saturated rings. The van der Waals surface area contributed by atoms with Crippen LogP contribution in [0, 0.1) is 0 Å². The third kappa shape index (κ3) is 3.11. The second-order valence-corrected chi connectivity index (χ2v) is 9.37. The largest absolute Gasteiger partial charge is 0.456 e. The molecule has 1 nitrogen and oxygen atoms in total. The van der Waals surface area contributed by atoms with E-state index >= 15 is 0 Å². The van der Waals surface area contributed by atoms with Crippen molar-refractivity contribution >= 4 is 43.3 Å². The lowest BCUT2D eigenvalue weighted by atomic mass is 9.87. The molecule has 37 heavy (non-hydrogen) atoms. The van der Waals surface area contributed by atoms with Crippen molar-refractivity contribution in [2.24, 2.45) is 0 Å². The number of rotatable bonds is 3. The van der Waals surface area contributed by atoms with Crippen LogP contribution in [0.3, 0.4) is 0 Å². The molecule has 1 aromatic heterocycles. The van der Waals surface area contributed by atoms with Crippen molar-refractivity contribution in [3.8, 4) is 33.6 Å². The average molecular weight is 476 g/mol. The van der Waals surface area contributed by atoms with E-state index in [0.29, 0.717) is 5.56 Å². The monoisotopic (exact) mass is 475 g/mol. The molecule has 0 unspecified atom stereocenters. The van der Waals surface area contributed by atoms with E-state index in [-0.39, 0.29) is 35.8 Å². The van der Waals surface area contributed by atoms with E-state index in [4.69, 9.17) is 11.3 Å². The van der Waals surface area contributed by atoms with Crippen LogP contribution in [0.4, 0.5) is 0 Å². The van der Waals surface area contributed by atoms with Gasteiger partial charge in [0.25, 0.3) is 0 Å². The molecule has 1 heteroatoms. The van der Waals surface area contributed by atoms with Crippen LogP contribution in [0.15, 0.2) is 138 Å². The van der Waals surface area contributed by atoms with Crippen LogP contribution < -0.4 is 0 Å². The van der Waals surface area contributed by atoms with Crippen LogP contribution in [0.2, 0.25) is 0 Å². The van der Waals surface area contributed by atoms with Gasteiger partial charge in [-0.2, -0.15) is 0 Å². The minimum atomic E-state index is -0.387. The highest BCUT2D eigenvalue weighted by Gasteiger charge is 2.15. The van der Waals surface area contributed by atoms with E-state index in [1.54, 1.807) is 0 Å². The minimum absolute atomic E-state index is 0.193. The molecular weight excluding hydrogens is 448 g/mol. The molecule has 0 amide bonds. The van der Waals surface area contributed by atoms with Crippen LogP contribution in [-0.2, 0) is 0 Å². The zero-order chi connectivity index (χ0) is 28.7. The normalized spacial score (nSPS) is 13.7. The third-order valence-corrected chi connectivity index (χ3v) is 7.34. The number of benzene rings is 7. The fraction of sp³-hybridized carbons (Fsp3) is 0. The summed E-state index contributed by atoms with van der Waals surface area (Å²) in [6, 6.07) is 33.5. The van der Waals surface area contributed by atoms with E-state index in [1.165, 1.54) is 0 Å². The van der Waals surface area contributed by atoms with Crippen molar-refractivity contribution in [1.29, 1.82) is 0 Å². The second-order valence-electron chi connectivity index (χ2n) is 9.37. The first-order chi connectivity index (χ1) is 20.4. The Morgan fingerprint density at radius 1 is 0.486 bits per heavy atom. The smallest absolute Gasteiger partial charge is 0.135 e. The van der Waals surface area contributed by atoms with Gasteiger partial charge < -0.3 is 4.42 Å². The second kappa shape index (κ2) is 7.81. The van der Waals surface area contributed by atoms with Gasteiger partial charge >= 0.3 is 0 Å². The van der Waals surface area contributed by atoms with Crippen molar-refractivity contribution in [2.45, 2.75) is 0 Å². The molecule has 0 saturated heterocycles. The molecule has 172 valence electrons. The van der Waals surface area contributed by atoms with Gasteiger partial charge in [0, 0.05) is 10.9 Å². The Kier molecular flexibility index (Phi) is 3.37. The van der Waals surface area contributed by atoms with Crippen molar-refractivity contribution in [3.05, 3.63) is 133 Å². The predicted octanol–water partition coefficient (Wildman–Crippen LogP) is 10.3. The maximum atomic E-state index is 8.59. The zero-order valence-corrected chi connectivity index (χ0v) is 19.7. The van der Waals surface area contributed by atoms with Gasteiger partial charge in [0.2, 0.25) is 0 Å². The van der Waals surface area contributed by atoms with Crippen LogP contribution in [-0.4, -0.2) is 0 Å². The molecular formula is C36H22O. The highest BCUT2D eigenvalue weighted by atomic mass is 16.3. The summed E-state index contributed by atoms with van der Waals surface area (Å²) >= 11 is 0. The van der Waals surface area contributed by atoms with Crippen molar-refractivity contribution < 1.29 is 11.3 Å². The van der Waals surface area contributed by atoms with Gasteiger partial charge in [-0.1, -0.05) is 121 Å². The highest BCUT2D eigenvalue weighted by molar-refractivity contribution is 6.27. The lowest BCUT2D eigenvalue weighted by molar-refractivity contribution is 0.631. The van der Waals surface area contributed by atoms with E-state index in [1.807, 2.05) is 42.5 Å². The van der Waals surface area contributed by atoms with Gasteiger partial charge in [-0.3, -0.25) is 0 Å². The lowest BCUT2D eigenvalue weighted by Crippen LogP contribution is -1.89. The molecule has 0 atom stereocenters. The van der Waals surface area contributed by atoms with E-state index in [9.17, 15) is 0 Å². The summed E-state index contributed by atoms with van der Waals surface area (Å²) in [7, 11) is 0. The molecule has 0 aliphatic heterocycles. The van der Waals surface area contributed by atoms with Crippen molar-refractivity contribution in [3.63, 3.8) is 0 Å². The summed E-state index contributed by atoms with van der Waals surface area (Å²) in [5.41, 5.74) is 4.91. The minimum Gasteiger partial charge on any atom is -0.456 e. The molecule has 0 aliphatic carbocycles. The Labute approximate surface area is 221 Å². The molecule has 0 N–H and O–H groups in total. The SMILES string of the molecule is [2H]c1c([2H])c([2H])c(-c2ccc3ccc4c(-c5ccc(-c6cc7ccccc7o6)cc5)ccc5ccc2c3c54)c([2H])c1[2H]. The topological polar surface area (TPSA) is 13.1 Å².